The van der Waals surface area contributed by atoms with Gasteiger partial charge in [-0.25, -0.2) is 14.8 Å². The van der Waals surface area contributed by atoms with Gasteiger partial charge in [0.05, 0.1) is 11.6 Å². The fraction of sp³-hybridized carbons (Fsp3) is 0.214. The van der Waals surface area contributed by atoms with Crippen LogP contribution in [0.2, 0.25) is 0 Å². The SMILES string of the molecule is Cc1nc(C2COc3ccccc32)nc(N)c1C(=O)O. The van der Waals surface area contributed by atoms with Crippen LogP contribution in [0.25, 0.3) is 0 Å². The molecule has 102 valence electrons. The summed E-state index contributed by atoms with van der Waals surface area (Å²) in [6.45, 7) is 2.05. The molecule has 0 fully saturated rings. The van der Waals surface area contributed by atoms with Crippen LogP contribution in [-0.4, -0.2) is 27.7 Å². The van der Waals surface area contributed by atoms with E-state index in [0.717, 1.165) is 11.3 Å². The van der Waals surface area contributed by atoms with Crippen LogP contribution in [0.4, 0.5) is 5.82 Å². The van der Waals surface area contributed by atoms with Crippen molar-refractivity contribution >= 4 is 11.8 Å². The minimum absolute atomic E-state index is 0.00983. The third kappa shape index (κ3) is 1.85. The van der Waals surface area contributed by atoms with E-state index in [0.29, 0.717) is 18.1 Å². The number of fused-ring (bicyclic) bond motifs is 1. The lowest BCUT2D eigenvalue weighted by molar-refractivity contribution is 0.0696. The predicted molar refractivity (Wildman–Crippen MR) is 71.9 cm³/mol. The molecule has 1 aromatic heterocycles. The van der Waals surface area contributed by atoms with Gasteiger partial charge in [0.15, 0.2) is 0 Å². The standard InChI is InChI=1S/C14H13N3O3/c1-7-11(14(18)19)12(15)17-13(16-7)9-6-20-10-5-3-2-4-8(9)10/h2-5,9H,6H2,1H3,(H,18,19)(H2,15,16,17). The highest BCUT2D eigenvalue weighted by Crippen LogP contribution is 2.36. The van der Waals surface area contributed by atoms with Gasteiger partial charge < -0.3 is 15.6 Å². The summed E-state index contributed by atoms with van der Waals surface area (Å²) >= 11 is 0. The number of nitrogens with two attached hydrogens (primary N) is 1. The number of nitrogens with zero attached hydrogens (tertiary/aromatic N) is 2. The van der Waals surface area contributed by atoms with E-state index >= 15 is 0 Å². The molecule has 1 atom stereocenters. The minimum atomic E-state index is -1.12. The molecule has 20 heavy (non-hydrogen) atoms. The van der Waals surface area contributed by atoms with Crippen molar-refractivity contribution in [3.8, 4) is 5.75 Å². The van der Waals surface area contributed by atoms with Crippen molar-refractivity contribution in [3.05, 3.63) is 46.9 Å². The Morgan fingerprint density at radius 2 is 2.15 bits per heavy atom. The average Bonchev–Trinajstić information content (AvgIpc) is 2.81. The Labute approximate surface area is 115 Å². The molecule has 2 heterocycles. The summed E-state index contributed by atoms with van der Waals surface area (Å²) in [5.74, 6) is 0.0589. The maximum absolute atomic E-state index is 11.1. The maximum atomic E-state index is 11.1. The van der Waals surface area contributed by atoms with Gasteiger partial charge in [-0.1, -0.05) is 18.2 Å². The Morgan fingerprint density at radius 1 is 1.40 bits per heavy atom. The number of anilines is 1. The second-order valence-corrected chi connectivity index (χ2v) is 4.63. The minimum Gasteiger partial charge on any atom is -0.492 e. The zero-order valence-corrected chi connectivity index (χ0v) is 10.8. The molecule has 0 aliphatic carbocycles. The van der Waals surface area contributed by atoms with Crippen LogP contribution in [0.5, 0.6) is 5.75 Å². The number of para-hydroxylation sites is 1. The Kier molecular flexibility index (Phi) is 2.78. The molecule has 0 saturated heterocycles. The third-order valence-electron chi connectivity index (χ3n) is 3.36. The van der Waals surface area contributed by atoms with Crippen molar-refractivity contribution in [1.29, 1.82) is 0 Å². The molecule has 1 unspecified atom stereocenters. The fourth-order valence-electron chi connectivity index (χ4n) is 2.41. The first-order valence-corrected chi connectivity index (χ1v) is 6.17. The van der Waals surface area contributed by atoms with Crippen molar-refractivity contribution in [2.75, 3.05) is 12.3 Å². The molecule has 1 aliphatic heterocycles. The van der Waals surface area contributed by atoms with Gasteiger partial charge in [0.1, 0.15) is 29.6 Å². The number of hydrogen-bond donors (Lipinski definition) is 2. The van der Waals surface area contributed by atoms with E-state index in [2.05, 4.69) is 9.97 Å². The molecular formula is C14H13N3O3. The van der Waals surface area contributed by atoms with Gasteiger partial charge in [0.2, 0.25) is 0 Å². The largest absolute Gasteiger partial charge is 0.492 e. The van der Waals surface area contributed by atoms with E-state index in [1.807, 2.05) is 24.3 Å². The summed E-state index contributed by atoms with van der Waals surface area (Å²) in [7, 11) is 0. The van der Waals surface area contributed by atoms with E-state index in [1.165, 1.54) is 0 Å². The second-order valence-electron chi connectivity index (χ2n) is 4.63. The van der Waals surface area contributed by atoms with Crippen LogP contribution in [0.3, 0.4) is 0 Å². The zero-order valence-electron chi connectivity index (χ0n) is 10.8. The molecule has 0 radical (unpaired) electrons. The van der Waals surface area contributed by atoms with Gasteiger partial charge in [-0.3, -0.25) is 0 Å². The van der Waals surface area contributed by atoms with Gasteiger partial charge in [-0.05, 0) is 13.0 Å². The molecule has 3 N–H and O–H groups in total. The monoisotopic (exact) mass is 271 g/mol. The Morgan fingerprint density at radius 3 is 2.85 bits per heavy atom. The number of ether oxygens (including phenoxy) is 1. The lowest BCUT2D eigenvalue weighted by Gasteiger charge is -2.11. The molecule has 0 bridgehead atoms. The lowest BCUT2D eigenvalue weighted by Crippen LogP contribution is -2.15. The van der Waals surface area contributed by atoms with Crippen LogP contribution >= 0.6 is 0 Å². The normalized spacial score (nSPS) is 16.6. The molecule has 1 aliphatic rings. The van der Waals surface area contributed by atoms with Crippen molar-refractivity contribution in [3.63, 3.8) is 0 Å². The number of aromatic nitrogens is 2. The van der Waals surface area contributed by atoms with Crippen LogP contribution < -0.4 is 10.5 Å². The summed E-state index contributed by atoms with van der Waals surface area (Å²) in [4.78, 5) is 19.5. The summed E-state index contributed by atoms with van der Waals surface area (Å²) in [6, 6.07) is 7.65. The number of carboxylic acid groups (broad SMARTS) is 1. The Bertz CT molecular complexity index is 677. The number of nitrogen functional groups attached to an aromatic ring is 1. The molecule has 2 aromatic rings. The van der Waals surface area contributed by atoms with Gasteiger partial charge >= 0.3 is 5.97 Å². The molecule has 0 amide bonds. The first-order chi connectivity index (χ1) is 9.58. The number of carbonyl (C=O) groups is 1. The Balaban J connectivity index is 2.07. The predicted octanol–water partition coefficient (Wildman–Crippen LogP) is 1.59. The van der Waals surface area contributed by atoms with Crippen LogP contribution in [-0.2, 0) is 0 Å². The quantitative estimate of drug-likeness (QED) is 0.860. The van der Waals surface area contributed by atoms with Gasteiger partial charge in [-0.15, -0.1) is 0 Å². The molecule has 1 aromatic carbocycles. The van der Waals surface area contributed by atoms with Crippen LogP contribution in [0.15, 0.2) is 24.3 Å². The van der Waals surface area contributed by atoms with Crippen molar-refractivity contribution < 1.29 is 14.6 Å². The molecule has 3 rings (SSSR count). The molecule has 6 nitrogen and oxygen atoms in total. The second kappa shape index (κ2) is 4.48. The zero-order chi connectivity index (χ0) is 14.3. The third-order valence-corrected chi connectivity index (χ3v) is 3.36. The van der Waals surface area contributed by atoms with E-state index < -0.39 is 5.97 Å². The van der Waals surface area contributed by atoms with Crippen LogP contribution in [0.1, 0.15) is 33.4 Å². The maximum Gasteiger partial charge on any atom is 0.341 e. The number of aryl methyl sites for hydroxylation is 1. The van der Waals surface area contributed by atoms with Gasteiger partial charge in [0.25, 0.3) is 0 Å². The van der Waals surface area contributed by atoms with E-state index in [9.17, 15) is 4.79 Å². The number of rotatable bonds is 2. The smallest absolute Gasteiger partial charge is 0.341 e. The summed E-state index contributed by atoms with van der Waals surface area (Å²) in [5.41, 5.74) is 7.06. The van der Waals surface area contributed by atoms with Gasteiger partial charge in [-0.2, -0.15) is 0 Å². The highest BCUT2D eigenvalue weighted by Gasteiger charge is 2.29. The molecule has 6 heteroatoms. The highest BCUT2D eigenvalue weighted by molar-refractivity contribution is 5.93. The van der Waals surface area contributed by atoms with E-state index in [4.69, 9.17) is 15.6 Å². The van der Waals surface area contributed by atoms with Crippen molar-refractivity contribution in [2.45, 2.75) is 12.8 Å². The highest BCUT2D eigenvalue weighted by atomic mass is 16.5. The number of carboxylic acids is 1. The first kappa shape index (κ1) is 12.4. The van der Waals surface area contributed by atoms with Crippen molar-refractivity contribution in [2.24, 2.45) is 0 Å². The first-order valence-electron chi connectivity index (χ1n) is 6.17. The summed E-state index contributed by atoms with van der Waals surface area (Å²) < 4.78 is 5.59. The fourth-order valence-corrected chi connectivity index (χ4v) is 2.41. The topological polar surface area (TPSA) is 98.3 Å². The number of benzene rings is 1. The van der Waals surface area contributed by atoms with E-state index in [-0.39, 0.29) is 17.3 Å². The van der Waals surface area contributed by atoms with Crippen molar-refractivity contribution in [1.82, 2.24) is 9.97 Å². The molecule has 0 spiro atoms. The Hall–Kier alpha value is -2.63. The van der Waals surface area contributed by atoms with E-state index in [1.54, 1.807) is 6.92 Å². The molecule has 0 saturated carbocycles. The molecular weight excluding hydrogens is 258 g/mol. The average molecular weight is 271 g/mol. The number of aromatic carboxylic acids is 1. The lowest BCUT2D eigenvalue weighted by atomic mass is 10.00. The summed E-state index contributed by atoms with van der Waals surface area (Å²) in [6.07, 6.45) is 0. The number of hydrogen-bond acceptors (Lipinski definition) is 5. The van der Waals surface area contributed by atoms with Gasteiger partial charge in [0, 0.05) is 5.56 Å². The van der Waals surface area contributed by atoms with Crippen LogP contribution in [0, 0.1) is 6.92 Å². The summed E-state index contributed by atoms with van der Waals surface area (Å²) in [5, 5.41) is 9.08.